The normalized spacial score (nSPS) is 14.2. The highest BCUT2D eigenvalue weighted by molar-refractivity contribution is 7.80. The van der Waals surface area contributed by atoms with E-state index in [-0.39, 0.29) is 36.9 Å². The van der Waals surface area contributed by atoms with Crippen molar-refractivity contribution in [3.63, 3.8) is 0 Å². The molecule has 0 aliphatic carbocycles. The van der Waals surface area contributed by atoms with E-state index in [0.29, 0.717) is 12.1 Å². The fraction of sp³-hybridized carbons (Fsp3) is 0.556. The highest BCUT2D eigenvalue weighted by Gasteiger charge is 2.29. The summed E-state index contributed by atoms with van der Waals surface area (Å²) in [5, 5.41) is 16.9. The summed E-state index contributed by atoms with van der Waals surface area (Å²) in [6, 6.07) is -4.44. The van der Waals surface area contributed by atoms with Crippen molar-refractivity contribution < 1.29 is 24.3 Å². The van der Waals surface area contributed by atoms with Crippen LogP contribution in [-0.2, 0) is 25.6 Å². The van der Waals surface area contributed by atoms with E-state index in [2.05, 4.69) is 56.2 Å². The zero-order valence-corrected chi connectivity index (χ0v) is 20.1. The van der Waals surface area contributed by atoms with Crippen molar-refractivity contribution >= 4 is 54.9 Å². The third kappa shape index (κ3) is 10.3. The first-order chi connectivity index (χ1) is 16.1. The predicted molar refractivity (Wildman–Crippen MR) is 131 cm³/mol. The van der Waals surface area contributed by atoms with Crippen LogP contribution in [0, 0.1) is 0 Å². The maximum Gasteiger partial charge on any atom is 0.326 e. The SMILES string of the molecule is NC(N)=NCCCC(NC(=O)C(CS)NC(=O)C(N)CS)C(=O)NC(Cc1cnc[nH]1)C(=O)O. The summed E-state index contributed by atoms with van der Waals surface area (Å²) in [4.78, 5) is 59.7. The average Bonchev–Trinajstić information content (AvgIpc) is 3.30. The number of nitrogens with two attached hydrogens (primary N) is 3. The van der Waals surface area contributed by atoms with Gasteiger partial charge in [0, 0.05) is 36.4 Å². The predicted octanol–water partition coefficient (Wildman–Crippen LogP) is -3.27. The summed E-state index contributed by atoms with van der Waals surface area (Å²) >= 11 is 8.01. The summed E-state index contributed by atoms with van der Waals surface area (Å²) in [6.07, 6.45) is 3.16. The van der Waals surface area contributed by atoms with Gasteiger partial charge in [-0.3, -0.25) is 19.4 Å². The molecule has 0 aliphatic heterocycles. The molecule has 190 valence electrons. The number of aliphatic imine (C=N–C) groups is 1. The van der Waals surface area contributed by atoms with Gasteiger partial charge >= 0.3 is 5.97 Å². The Balaban J connectivity index is 2.93. The summed E-state index contributed by atoms with van der Waals surface area (Å²) in [5.41, 5.74) is 16.7. The molecule has 1 rings (SSSR count). The zero-order chi connectivity index (χ0) is 25.7. The molecule has 4 unspecified atom stereocenters. The van der Waals surface area contributed by atoms with Crippen LogP contribution < -0.4 is 33.2 Å². The number of hydrogen-bond donors (Lipinski definition) is 10. The monoisotopic (exact) mass is 517 g/mol. The molecule has 4 atom stereocenters. The van der Waals surface area contributed by atoms with Crippen LogP contribution >= 0.6 is 25.3 Å². The van der Waals surface area contributed by atoms with E-state index in [1.54, 1.807) is 0 Å². The molecule has 0 aromatic carbocycles. The minimum Gasteiger partial charge on any atom is -0.480 e. The van der Waals surface area contributed by atoms with Gasteiger partial charge in [-0.15, -0.1) is 0 Å². The Hall–Kier alpha value is -2.98. The molecule has 0 spiro atoms. The fourth-order valence-corrected chi connectivity index (χ4v) is 3.11. The molecule has 0 radical (unpaired) electrons. The molecule has 14 nitrogen and oxygen atoms in total. The first-order valence-electron chi connectivity index (χ1n) is 10.2. The molecule has 0 saturated carbocycles. The third-order valence-electron chi connectivity index (χ3n) is 4.52. The van der Waals surface area contributed by atoms with Gasteiger partial charge in [0.25, 0.3) is 0 Å². The number of aromatic nitrogens is 2. The van der Waals surface area contributed by atoms with Crippen LogP contribution in [0.3, 0.4) is 0 Å². The van der Waals surface area contributed by atoms with Gasteiger partial charge in [-0.2, -0.15) is 25.3 Å². The molecule has 0 fully saturated rings. The van der Waals surface area contributed by atoms with Crippen molar-refractivity contribution in [2.45, 2.75) is 43.4 Å². The number of guanidine groups is 1. The van der Waals surface area contributed by atoms with Crippen molar-refractivity contribution in [3.8, 4) is 0 Å². The van der Waals surface area contributed by atoms with Gasteiger partial charge < -0.3 is 43.2 Å². The number of aromatic amines is 1. The van der Waals surface area contributed by atoms with Crippen LogP contribution in [0.4, 0.5) is 0 Å². The van der Waals surface area contributed by atoms with Crippen molar-refractivity contribution in [3.05, 3.63) is 18.2 Å². The number of hydrogen-bond acceptors (Lipinski definition) is 9. The van der Waals surface area contributed by atoms with E-state index < -0.39 is 47.9 Å². The molecule has 0 aliphatic rings. The van der Waals surface area contributed by atoms with Crippen LogP contribution in [0.2, 0.25) is 0 Å². The van der Waals surface area contributed by atoms with Crippen LogP contribution in [0.25, 0.3) is 0 Å². The highest BCUT2D eigenvalue weighted by Crippen LogP contribution is 2.04. The van der Waals surface area contributed by atoms with E-state index in [1.165, 1.54) is 12.5 Å². The number of nitrogens with zero attached hydrogens (tertiary/aromatic N) is 2. The number of aliphatic carboxylic acids is 1. The maximum absolute atomic E-state index is 12.9. The van der Waals surface area contributed by atoms with E-state index in [4.69, 9.17) is 17.2 Å². The lowest BCUT2D eigenvalue weighted by molar-refractivity contribution is -0.142. The topological polar surface area (TPSA) is 244 Å². The molecule has 16 heteroatoms. The summed E-state index contributed by atoms with van der Waals surface area (Å²) in [5.74, 6) is -3.45. The first kappa shape index (κ1) is 29.1. The number of carbonyl (C=O) groups excluding carboxylic acids is 3. The minimum atomic E-state index is -1.28. The summed E-state index contributed by atoms with van der Waals surface area (Å²) < 4.78 is 0. The quantitative estimate of drug-likeness (QED) is 0.0484. The van der Waals surface area contributed by atoms with Gasteiger partial charge in [-0.1, -0.05) is 0 Å². The molecule has 1 heterocycles. The first-order valence-corrected chi connectivity index (χ1v) is 11.5. The Morgan fingerprint density at radius 2 is 1.65 bits per heavy atom. The van der Waals surface area contributed by atoms with Crippen LogP contribution in [0.1, 0.15) is 18.5 Å². The van der Waals surface area contributed by atoms with Gasteiger partial charge in [-0.25, -0.2) is 9.78 Å². The Labute approximate surface area is 207 Å². The maximum atomic E-state index is 12.9. The molecule has 1 aromatic heterocycles. The van der Waals surface area contributed by atoms with Gasteiger partial charge in [0.05, 0.1) is 12.4 Å². The van der Waals surface area contributed by atoms with Crippen LogP contribution in [-0.4, -0.2) is 86.9 Å². The lowest BCUT2D eigenvalue weighted by Crippen LogP contribution is -2.58. The van der Waals surface area contributed by atoms with Gasteiger partial charge in [-0.05, 0) is 12.8 Å². The number of rotatable bonds is 15. The number of imidazole rings is 1. The molecule has 34 heavy (non-hydrogen) atoms. The number of H-pyrrole nitrogens is 1. The van der Waals surface area contributed by atoms with E-state index in [0.717, 1.165) is 0 Å². The Bertz CT molecular complexity index is 849. The van der Waals surface area contributed by atoms with E-state index >= 15 is 0 Å². The smallest absolute Gasteiger partial charge is 0.326 e. The summed E-state index contributed by atoms with van der Waals surface area (Å²) in [7, 11) is 0. The largest absolute Gasteiger partial charge is 0.480 e. The Kier molecular flexibility index (Phi) is 12.8. The van der Waals surface area contributed by atoms with Gasteiger partial charge in [0.1, 0.15) is 18.1 Å². The Morgan fingerprint density at radius 3 is 2.18 bits per heavy atom. The van der Waals surface area contributed by atoms with E-state index in [9.17, 15) is 24.3 Å². The third-order valence-corrected chi connectivity index (χ3v) is 5.28. The summed E-state index contributed by atoms with van der Waals surface area (Å²) in [6.45, 7) is 0.183. The van der Waals surface area contributed by atoms with Crippen molar-refractivity contribution in [2.75, 3.05) is 18.1 Å². The molecule has 11 N–H and O–H groups in total. The Morgan fingerprint density at radius 1 is 1.03 bits per heavy atom. The second-order valence-electron chi connectivity index (χ2n) is 7.22. The minimum absolute atomic E-state index is 0.0489. The fourth-order valence-electron chi connectivity index (χ4n) is 2.69. The van der Waals surface area contributed by atoms with Crippen LogP contribution in [0.5, 0.6) is 0 Å². The number of nitrogens with one attached hydrogen (secondary N) is 4. The molecule has 0 saturated heterocycles. The van der Waals surface area contributed by atoms with Crippen molar-refractivity contribution in [1.82, 2.24) is 25.9 Å². The van der Waals surface area contributed by atoms with Gasteiger partial charge in [0.15, 0.2) is 5.96 Å². The number of amides is 3. The molecular formula is C18H31N9O5S2. The molecule has 0 bridgehead atoms. The lowest BCUT2D eigenvalue weighted by atomic mass is 10.1. The zero-order valence-electron chi connectivity index (χ0n) is 18.3. The number of carboxylic acid groups (broad SMARTS) is 1. The van der Waals surface area contributed by atoms with Gasteiger partial charge in [0.2, 0.25) is 17.7 Å². The number of thiol groups is 2. The second kappa shape index (κ2) is 15.0. The molecule has 3 amide bonds. The van der Waals surface area contributed by atoms with Crippen LogP contribution in [0.15, 0.2) is 17.5 Å². The standard InChI is InChI=1S/C18H31N9O5S2/c19-10(6-33)14(28)27-13(7-34)16(30)25-11(2-1-3-23-18(20)21)15(29)26-12(17(31)32)4-9-5-22-8-24-9/h5,8,10-13,33-34H,1-4,6-7,19H2,(H,22,24)(H,25,30)(H,26,29)(H,27,28)(H,31,32)(H4,20,21,23). The number of carbonyl (C=O) groups is 4. The average molecular weight is 518 g/mol. The highest BCUT2D eigenvalue weighted by atomic mass is 32.1. The van der Waals surface area contributed by atoms with Crippen molar-refractivity contribution in [2.24, 2.45) is 22.2 Å². The van der Waals surface area contributed by atoms with E-state index in [1.807, 2.05) is 0 Å². The molecular weight excluding hydrogens is 486 g/mol. The number of carboxylic acids is 1. The molecule has 1 aromatic rings. The lowest BCUT2D eigenvalue weighted by Gasteiger charge is -2.24. The van der Waals surface area contributed by atoms with Crippen molar-refractivity contribution in [1.29, 1.82) is 0 Å². The second-order valence-corrected chi connectivity index (χ2v) is 7.95.